The molecule has 1 fully saturated rings. The molecule has 33 heavy (non-hydrogen) atoms. The third kappa shape index (κ3) is 4.64. The van der Waals surface area contributed by atoms with E-state index in [1.165, 1.54) is 11.3 Å². The summed E-state index contributed by atoms with van der Waals surface area (Å²) in [7, 11) is 2.20. The number of likely N-dealkylation sites (N-methyl/N-ethyl adjacent to an activating group) is 1. The number of ether oxygens (including phenoxy) is 1. The van der Waals surface area contributed by atoms with E-state index >= 15 is 0 Å². The second-order valence-electron chi connectivity index (χ2n) is 9.66. The molecule has 1 unspecified atom stereocenters. The molecule has 0 bridgehead atoms. The van der Waals surface area contributed by atoms with Crippen molar-refractivity contribution in [3.63, 3.8) is 0 Å². The Morgan fingerprint density at radius 3 is 2.61 bits per heavy atom. The summed E-state index contributed by atoms with van der Waals surface area (Å²) >= 11 is 6.42. The van der Waals surface area contributed by atoms with Crippen molar-refractivity contribution in [1.29, 1.82) is 0 Å². The molecule has 0 radical (unpaired) electrons. The molecule has 0 saturated heterocycles. The van der Waals surface area contributed by atoms with Crippen molar-refractivity contribution in [3.05, 3.63) is 64.8 Å². The molecule has 0 N–H and O–H groups in total. The first-order valence-electron chi connectivity index (χ1n) is 12.0. The first kappa shape index (κ1) is 22.4. The summed E-state index contributed by atoms with van der Waals surface area (Å²) in [4.78, 5) is 6.75. The first-order chi connectivity index (χ1) is 16.0. The van der Waals surface area contributed by atoms with Gasteiger partial charge in [-0.1, -0.05) is 17.7 Å². The zero-order chi connectivity index (χ0) is 22.9. The number of benzene rings is 1. The molecule has 174 valence electrons. The van der Waals surface area contributed by atoms with Crippen LogP contribution >= 0.6 is 11.6 Å². The van der Waals surface area contributed by atoms with E-state index in [9.17, 15) is 0 Å². The van der Waals surface area contributed by atoms with Crippen molar-refractivity contribution in [2.24, 2.45) is 0 Å². The Morgan fingerprint density at radius 1 is 1.06 bits per heavy atom. The minimum atomic E-state index is 0.206. The largest absolute Gasteiger partial charge is 0.474 e. The number of pyridine rings is 1. The van der Waals surface area contributed by atoms with E-state index in [4.69, 9.17) is 26.5 Å². The normalized spacial score (nSPS) is 22.7. The molecule has 3 aromatic rings. The number of fused-ring (bicyclic) bond motifs is 3. The summed E-state index contributed by atoms with van der Waals surface area (Å²) in [5.74, 6) is 3.22. The smallest absolute Gasteiger partial charge is 0.213 e. The van der Waals surface area contributed by atoms with Crippen LogP contribution < -0.4 is 4.74 Å². The van der Waals surface area contributed by atoms with Crippen molar-refractivity contribution in [1.82, 2.24) is 24.6 Å². The summed E-state index contributed by atoms with van der Waals surface area (Å²) in [5, 5.41) is 10.2. The van der Waals surface area contributed by atoms with E-state index in [-0.39, 0.29) is 6.10 Å². The maximum Gasteiger partial charge on any atom is 0.213 e. The second kappa shape index (κ2) is 9.43. The summed E-state index contributed by atoms with van der Waals surface area (Å²) in [5.41, 5.74) is 2.45. The van der Waals surface area contributed by atoms with Crippen molar-refractivity contribution >= 4 is 11.6 Å². The molecule has 1 atom stereocenters. The van der Waals surface area contributed by atoms with Crippen LogP contribution in [0.25, 0.3) is 5.69 Å². The van der Waals surface area contributed by atoms with Gasteiger partial charge in [-0.2, -0.15) is 0 Å². The van der Waals surface area contributed by atoms with Gasteiger partial charge in [0.05, 0.1) is 5.69 Å². The number of hydrogen-bond donors (Lipinski definition) is 0. The molecular weight excluding hydrogens is 434 g/mol. The Morgan fingerprint density at radius 2 is 1.88 bits per heavy atom. The number of hydrogen-bond acceptors (Lipinski definition) is 5. The standard InChI is InChI=1S/C26H32ClN5O/c1-17(2)31(3)21-15-19-14-20(27)9-12-23(19)32-24(16-21)29-30-26(32)18-7-10-22(11-8-18)33-25-6-4-5-13-28-25/h4-6,9,12-14,17-18,21-22H,7-8,10-11,15-16H2,1-3H3/t18-,21?,22-. The minimum Gasteiger partial charge on any atom is -0.474 e. The summed E-state index contributed by atoms with van der Waals surface area (Å²) in [6.45, 7) is 4.48. The lowest BCUT2D eigenvalue weighted by Crippen LogP contribution is -2.39. The molecule has 0 amide bonds. The van der Waals surface area contributed by atoms with E-state index in [0.717, 1.165) is 55.2 Å². The third-order valence-electron chi connectivity index (χ3n) is 7.27. The molecule has 2 aliphatic rings. The van der Waals surface area contributed by atoms with Gasteiger partial charge in [-0.05, 0) is 82.8 Å². The average molecular weight is 466 g/mol. The molecule has 0 spiro atoms. The Labute approximate surface area is 201 Å². The maximum atomic E-state index is 6.42. The Bertz CT molecular complexity index is 1090. The molecule has 7 heteroatoms. The number of halogens is 1. The van der Waals surface area contributed by atoms with Crippen molar-refractivity contribution < 1.29 is 4.74 Å². The summed E-state index contributed by atoms with van der Waals surface area (Å²) in [6, 6.07) is 12.9. The summed E-state index contributed by atoms with van der Waals surface area (Å²) < 4.78 is 8.44. The highest BCUT2D eigenvalue weighted by Gasteiger charge is 2.33. The van der Waals surface area contributed by atoms with E-state index in [1.807, 2.05) is 24.3 Å². The highest BCUT2D eigenvalue weighted by molar-refractivity contribution is 6.30. The van der Waals surface area contributed by atoms with Crippen LogP contribution in [0.15, 0.2) is 42.6 Å². The van der Waals surface area contributed by atoms with Crippen LogP contribution in [-0.2, 0) is 12.8 Å². The van der Waals surface area contributed by atoms with Crippen LogP contribution in [0.1, 0.15) is 62.7 Å². The van der Waals surface area contributed by atoms with Gasteiger partial charge in [0.2, 0.25) is 5.88 Å². The molecule has 1 aliphatic heterocycles. The maximum absolute atomic E-state index is 6.42. The molecule has 2 aromatic heterocycles. The minimum absolute atomic E-state index is 0.206. The summed E-state index contributed by atoms with van der Waals surface area (Å²) in [6.07, 6.45) is 7.88. The number of rotatable bonds is 5. The molecular formula is C26H32ClN5O. The highest BCUT2D eigenvalue weighted by Crippen LogP contribution is 2.37. The van der Waals surface area contributed by atoms with Gasteiger partial charge in [-0.25, -0.2) is 4.98 Å². The average Bonchev–Trinajstić information content (AvgIpc) is 3.15. The van der Waals surface area contributed by atoms with Gasteiger partial charge in [0, 0.05) is 41.7 Å². The van der Waals surface area contributed by atoms with Crippen molar-refractivity contribution in [3.8, 4) is 11.6 Å². The topological polar surface area (TPSA) is 56.1 Å². The Kier molecular flexibility index (Phi) is 6.39. The molecule has 1 aromatic carbocycles. The van der Waals surface area contributed by atoms with Crippen LogP contribution in [0.2, 0.25) is 5.02 Å². The van der Waals surface area contributed by atoms with Crippen molar-refractivity contribution in [2.45, 2.75) is 76.5 Å². The quantitative estimate of drug-likeness (QED) is 0.516. The Hall–Kier alpha value is -2.44. The fourth-order valence-corrected chi connectivity index (χ4v) is 5.39. The van der Waals surface area contributed by atoms with Crippen LogP contribution in [0.3, 0.4) is 0 Å². The van der Waals surface area contributed by atoms with E-state index in [1.54, 1.807) is 6.20 Å². The second-order valence-corrected chi connectivity index (χ2v) is 10.1. The zero-order valence-corrected chi connectivity index (χ0v) is 20.4. The van der Waals surface area contributed by atoms with Crippen LogP contribution in [0.5, 0.6) is 5.88 Å². The molecule has 1 saturated carbocycles. The predicted molar refractivity (Wildman–Crippen MR) is 130 cm³/mol. The lowest BCUT2D eigenvalue weighted by Gasteiger charge is -2.30. The molecule has 1 aliphatic carbocycles. The Balaban J connectivity index is 1.41. The van der Waals surface area contributed by atoms with Crippen molar-refractivity contribution in [2.75, 3.05) is 7.05 Å². The lowest BCUT2D eigenvalue weighted by molar-refractivity contribution is 0.139. The molecule has 3 heterocycles. The van der Waals surface area contributed by atoms with E-state index < -0.39 is 0 Å². The van der Waals surface area contributed by atoms with Gasteiger partial charge >= 0.3 is 0 Å². The van der Waals surface area contributed by atoms with Gasteiger partial charge in [0.15, 0.2) is 0 Å². The highest BCUT2D eigenvalue weighted by atomic mass is 35.5. The monoisotopic (exact) mass is 465 g/mol. The zero-order valence-electron chi connectivity index (χ0n) is 19.6. The van der Waals surface area contributed by atoms with E-state index in [2.05, 4.69) is 47.5 Å². The van der Waals surface area contributed by atoms with Crippen LogP contribution in [0.4, 0.5) is 0 Å². The number of aromatic nitrogens is 4. The van der Waals surface area contributed by atoms with Gasteiger partial charge in [0.25, 0.3) is 0 Å². The fourth-order valence-electron chi connectivity index (χ4n) is 5.20. The third-order valence-corrected chi connectivity index (χ3v) is 7.50. The van der Waals surface area contributed by atoms with Gasteiger partial charge in [-0.3, -0.25) is 4.57 Å². The molecule has 6 nitrogen and oxygen atoms in total. The van der Waals surface area contributed by atoms with Gasteiger partial charge in [-0.15, -0.1) is 10.2 Å². The molecule has 5 rings (SSSR count). The fraction of sp³-hybridized carbons (Fsp3) is 0.500. The van der Waals surface area contributed by atoms with E-state index in [0.29, 0.717) is 23.9 Å². The van der Waals surface area contributed by atoms with Crippen LogP contribution in [-0.4, -0.2) is 49.9 Å². The lowest BCUT2D eigenvalue weighted by atomic mass is 9.86. The number of nitrogens with zero attached hydrogens (tertiary/aromatic N) is 5. The van der Waals surface area contributed by atoms with Gasteiger partial charge in [0.1, 0.15) is 17.8 Å². The van der Waals surface area contributed by atoms with Gasteiger partial charge < -0.3 is 9.64 Å². The predicted octanol–water partition coefficient (Wildman–Crippen LogP) is 5.23. The first-order valence-corrected chi connectivity index (χ1v) is 12.4. The van der Waals surface area contributed by atoms with Crippen LogP contribution in [0, 0.1) is 0 Å². The SMILES string of the molecule is CC(C)N(C)C1Cc2cc(Cl)ccc2-n2c(nnc2[C@H]2CC[C@H](Oc3ccccn3)CC2)C1.